The van der Waals surface area contributed by atoms with Gasteiger partial charge in [-0.1, -0.05) is 11.6 Å². The SMILES string of the molecule is Clc1[c]sc(Br)c1. The van der Waals surface area contributed by atoms with Gasteiger partial charge in [-0.15, -0.1) is 11.3 Å². The zero-order chi connectivity index (χ0) is 5.28. The highest BCUT2D eigenvalue weighted by Gasteiger charge is 1.89. The molecule has 3 heteroatoms. The summed E-state index contributed by atoms with van der Waals surface area (Å²) in [6, 6.07) is 1.81. The lowest BCUT2D eigenvalue weighted by molar-refractivity contribution is 1.95. The molecule has 0 amide bonds. The third-order valence-corrected chi connectivity index (χ3v) is 2.15. The van der Waals surface area contributed by atoms with Gasteiger partial charge in [-0.3, -0.25) is 0 Å². The van der Waals surface area contributed by atoms with Gasteiger partial charge in [-0.2, -0.15) is 0 Å². The van der Waals surface area contributed by atoms with Gasteiger partial charge in [0.1, 0.15) is 0 Å². The Morgan fingerprint density at radius 2 is 2.57 bits per heavy atom. The summed E-state index contributed by atoms with van der Waals surface area (Å²) >= 11 is 10.2. The minimum absolute atomic E-state index is 0.678. The fourth-order valence-corrected chi connectivity index (χ4v) is 1.58. The Balaban J connectivity index is 3.04. The van der Waals surface area contributed by atoms with Crippen LogP contribution < -0.4 is 0 Å². The van der Waals surface area contributed by atoms with E-state index in [0.29, 0.717) is 5.02 Å². The van der Waals surface area contributed by atoms with Crippen LogP contribution in [0.4, 0.5) is 0 Å². The van der Waals surface area contributed by atoms with Crippen molar-refractivity contribution in [2.75, 3.05) is 0 Å². The van der Waals surface area contributed by atoms with Crippen LogP contribution in [0.25, 0.3) is 0 Å². The van der Waals surface area contributed by atoms with Gasteiger partial charge >= 0.3 is 0 Å². The summed E-state index contributed by atoms with van der Waals surface area (Å²) < 4.78 is 1.03. The van der Waals surface area contributed by atoms with Crippen LogP contribution >= 0.6 is 38.9 Å². The maximum atomic E-state index is 5.49. The highest BCUT2D eigenvalue weighted by atomic mass is 79.9. The summed E-state index contributed by atoms with van der Waals surface area (Å²) in [5.41, 5.74) is 0. The van der Waals surface area contributed by atoms with Crippen molar-refractivity contribution in [3.05, 3.63) is 20.3 Å². The number of halogens is 2. The van der Waals surface area contributed by atoms with Crippen molar-refractivity contribution in [2.24, 2.45) is 0 Å². The summed E-state index contributed by atoms with van der Waals surface area (Å²) in [7, 11) is 0. The molecule has 0 N–H and O–H groups in total. The maximum absolute atomic E-state index is 5.49. The van der Waals surface area contributed by atoms with Crippen LogP contribution in [0.3, 0.4) is 0 Å². The lowest BCUT2D eigenvalue weighted by Gasteiger charge is -1.65. The van der Waals surface area contributed by atoms with Gasteiger partial charge in [-0.05, 0) is 22.0 Å². The minimum Gasteiger partial charge on any atom is -0.126 e. The smallest absolute Gasteiger partial charge is 0.0720 e. The van der Waals surface area contributed by atoms with Gasteiger partial charge in [-0.25, -0.2) is 0 Å². The first-order valence-electron chi connectivity index (χ1n) is 1.61. The number of hydrogen-bond acceptors (Lipinski definition) is 1. The molecule has 0 aliphatic carbocycles. The predicted octanol–water partition coefficient (Wildman–Crippen LogP) is 2.96. The van der Waals surface area contributed by atoms with E-state index in [-0.39, 0.29) is 0 Å². The molecular weight excluding hydrogens is 195 g/mol. The van der Waals surface area contributed by atoms with E-state index < -0.39 is 0 Å². The van der Waals surface area contributed by atoms with E-state index >= 15 is 0 Å². The van der Waals surface area contributed by atoms with Crippen molar-refractivity contribution >= 4 is 38.9 Å². The molecule has 0 saturated heterocycles. The van der Waals surface area contributed by atoms with E-state index in [0.717, 1.165) is 3.79 Å². The van der Waals surface area contributed by atoms with Crippen LogP contribution in [-0.2, 0) is 0 Å². The summed E-state index contributed by atoms with van der Waals surface area (Å²) in [6.07, 6.45) is 0. The molecule has 1 radical (unpaired) electrons. The predicted molar refractivity (Wildman–Crippen MR) is 35.9 cm³/mol. The molecule has 0 aromatic carbocycles. The second-order valence-electron chi connectivity index (χ2n) is 1.00. The Morgan fingerprint density at radius 1 is 1.86 bits per heavy atom. The summed E-state index contributed by atoms with van der Waals surface area (Å²) in [5.74, 6) is 0. The molecule has 0 spiro atoms. The van der Waals surface area contributed by atoms with Crippen molar-refractivity contribution in [3.63, 3.8) is 0 Å². The molecule has 1 heterocycles. The van der Waals surface area contributed by atoms with Crippen molar-refractivity contribution in [1.82, 2.24) is 0 Å². The van der Waals surface area contributed by atoms with E-state index in [2.05, 4.69) is 21.3 Å². The molecule has 7 heavy (non-hydrogen) atoms. The van der Waals surface area contributed by atoms with Gasteiger partial charge in [0.15, 0.2) is 0 Å². The van der Waals surface area contributed by atoms with Crippen molar-refractivity contribution in [2.45, 2.75) is 0 Å². The summed E-state index contributed by atoms with van der Waals surface area (Å²) in [5, 5.41) is 3.51. The second kappa shape index (κ2) is 2.16. The van der Waals surface area contributed by atoms with Gasteiger partial charge in [0.25, 0.3) is 0 Å². The van der Waals surface area contributed by atoms with Gasteiger partial charge in [0.05, 0.1) is 14.2 Å². The monoisotopic (exact) mass is 195 g/mol. The molecule has 1 aromatic rings. The van der Waals surface area contributed by atoms with Crippen LogP contribution in [0.5, 0.6) is 0 Å². The highest BCUT2D eigenvalue weighted by Crippen LogP contribution is 2.22. The van der Waals surface area contributed by atoms with E-state index in [1.54, 1.807) is 0 Å². The zero-order valence-corrected chi connectivity index (χ0v) is 6.40. The summed E-state index contributed by atoms with van der Waals surface area (Å²) in [6.45, 7) is 0. The molecule has 37 valence electrons. The lowest BCUT2D eigenvalue weighted by Crippen LogP contribution is -1.39. The Hall–Kier alpha value is 0.470. The van der Waals surface area contributed by atoms with Gasteiger partial charge < -0.3 is 0 Å². The van der Waals surface area contributed by atoms with Crippen molar-refractivity contribution in [3.8, 4) is 0 Å². The third kappa shape index (κ3) is 1.44. The largest absolute Gasteiger partial charge is 0.126 e. The fourth-order valence-electron chi connectivity index (χ4n) is 0.256. The van der Waals surface area contributed by atoms with Crippen LogP contribution in [0.2, 0.25) is 5.02 Å². The number of thiophene rings is 1. The summed E-state index contributed by atoms with van der Waals surface area (Å²) in [4.78, 5) is 0. The molecule has 0 fully saturated rings. The zero-order valence-electron chi connectivity index (χ0n) is 3.24. The van der Waals surface area contributed by atoms with Crippen molar-refractivity contribution in [1.29, 1.82) is 0 Å². The first-order chi connectivity index (χ1) is 3.29. The van der Waals surface area contributed by atoms with Crippen LogP contribution in [0, 0.1) is 5.38 Å². The molecule has 0 saturated carbocycles. The third-order valence-electron chi connectivity index (χ3n) is 0.486. The molecule has 0 aliphatic rings. The van der Waals surface area contributed by atoms with Gasteiger partial charge in [0, 0.05) is 0 Å². The first-order valence-corrected chi connectivity index (χ1v) is 3.60. The highest BCUT2D eigenvalue weighted by molar-refractivity contribution is 9.11. The van der Waals surface area contributed by atoms with Crippen LogP contribution in [0.15, 0.2) is 9.85 Å². The Kier molecular flexibility index (Phi) is 1.73. The first kappa shape index (κ1) is 5.60. The van der Waals surface area contributed by atoms with Crippen LogP contribution in [0.1, 0.15) is 0 Å². The molecular formula is C4HBrClS. The lowest BCUT2D eigenvalue weighted by atomic mass is 10.7. The number of rotatable bonds is 0. The van der Waals surface area contributed by atoms with Crippen molar-refractivity contribution < 1.29 is 0 Å². The average molecular weight is 196 g/mol. The number of hydrogen-bond donors (Lipinski definition) is 0. The quantitative estimate of drug-likeness (QED) is 0.598. The molecule has 0 bridgehead atoms. The fraction of sp³-hybridized carbons (Fsp3) is 0. The van der Waals surface area contributed by atoms with E-state index in [4.69, 9.17) is 11.6 Å². The van der Waals surface area contributed by atoms with E-state index in [1.165, 1.54) is 11.3 Å². The van der Waals surface area contributed by atoms with Gasteiger partial charge in [0.2, 0.25) is 0 Å². The Bertz CT molecular complexity index is 144. The molecule has 0 unspecified atom stereocenters. The molecule has 1 rings (SSSR count). The average Bonchev–Trinajstić information content (AvgIpc) is 1.87. The molecule has 0 nitrogen and oxygen atoms in total. The van der Waals surface area contributed by atoms with E-state index in [9.17, 15) is 0 Å². The Labute approximate surface area is 59.2 Å². The van der Waals surface area contributed by atoms with Crippen LogP contribution in [-0.4, -0.2) is 0 Å². The molecule has 1 aromatic heterocycles. The molecule has 0 atom stereocenters. The maximum Gasteiger partial charge on any atom is 0.0720 e. The minimum atomic E-state index is 0.678. The second-order valence-corrected chi connectivity index (χ2v) is 3.64. The topological polar surface area (TPSA) is 0 Å². The molecule has 0 aliphatic heterocycles. The standard InChI is InChI=1S/C4HBrClS/c5-4-1-3(6)2-7-4/h1H. The Morgan fingerprint density at radius 3 is 2.71 bits per heavy atom. The normalized spacial score (nSPS) is 9.43. The van der Waals surface area contributed by atoms with E-state index in [1.807, 2.05) is 6.07 Å².